The van der Waals surface area contributed by atoms with Gasteiger partial charge in [0.05, 0.1) is 0 Å². The fourth-order valence-electron chi connectivity index (χ4n) is 1.99. The number of pyridine rings is 1. The molecule has 2 aromatic rings. The van der Waals surface area contributed by atoms with Crippen LogP contribution in [-0.2, 0) is 6.42 Å². The molecule has 3 N–H and O–H groups in total. The van der Waals surface area contributed by atoms with Crippen LogP contribution >= 0.6 is 15.9 Å². The summed E-state index contributed by atoms with van der Waals surface area (Å²) >= 11 is 3.31. The highest BCUT2D eigenvalue weighted by Crippen LogP contribution is 2.24. The van der Waals surface area contributed by atoms with Crippen LogP contribution in [0.4, 0.5) is 10.1 Å². The van der Waals surface area contributed by atoms with E-state index in [0.717, 1.165) is 15.6 Å². The van der Waals surface area contributed by atoms with Crippen molar-refractivity contribution in [3.05, 3.63) is 58.1 Å². The summed E-state index contributed by atoms with van der Waals surface area (Å²) in [7, 11) is 1.84. The third-order valence-electron chi connectivity index (χ3n) is 3.00. The van der Waals surface area contributed by atoms with Crippen LogP contribution < -0.4 is 11.1 Å². The van der Waals surface area contributed by atoms with E-state index in [9.17, 15) is 4.39 Å². The van der Waals surface area contributed by atoms with Gasteiger partial charge in [-0.25, -0.2) is 4.39 Å². The Balaban J connectivity index is 2.28. The average molecular weight is 324 g/mol. The van der Waals surface area contributed by atoms with Gasteiger partial charge in [-0.05, 0) is 48.9 Å². The number of nitrogens with two attached hydrogens (primary N) is 1. The third kappa shape index (κ3) is 3.52. The highest BCUT2D eigenvalue weighted by Gasteiger charge is 2.13. The molecule has 2 rings (SSSR count). The number of nitrogens with zero attached hydrogens (tertiary/aromatic N) is 1. The van der Waals surface area contributed by atoms with Gasteiger partial charge in [0.15, 0.2) is 0 Å². The molecule has 0 spiro atoms. The molecule has 0 amide bonds. The summed E-state index contributed by atoms with van der Waals surface area (Å²) in [4.78, 5) is 4.07. The van der Waals surface area contributed by atoms with Crippen molar-refractivity contribution in [2.45, 2.75) is 12.5 Å². The minimum atomic E-state index is -0.260. The Labute approximate surface area is 120 Å². The molecule has 0 fully saturated rings. The number of hydrogen-bond acceptors (Lipinski definition) is 3. The number of likely N-dealkylation sites (N-methyl/N-ethyl adjacent to an activating group) is 1. The predicted octanol–water partition coefficient (Wildman–Crippen LogP) is 3.07. The zero-order valence-electron chi connectivity index (χ0n) is 10.5. The van der Waals surface area contributed by atoms with E-state index in [-0.39, 0.29) is 11.9 Å². The van der Waals surface area contributed by atoms with Gasteiger partial charge in [0.25, 0.3) is 0 Å². The topological polar surface area (TPSA) is 50.9 Å². The van der Waals surface area contributed by atoms with Crippen LogP contribution in [0.3, 0.4) is 0 Å². The first-order valence-electron chi connectivity index (χ1n) is 5.91. The van der Waals surface area contributed by atoms with Gasteiger partial charge in [0, 0.05) is 28.6 Å². The number of benzene rings is 1. The quantitative estimate of drug-likeness (QED) is 0.909. The van der Waals surface area contributed by atoms with Crippen molar-refractivity contribution in [1.82, 2.24) is 10.3 Å². The maximum atomic E-state index is 13.4. The normalized spacial score (nSPS) is 12.4. The number of nitrogens with one attached hydrogen (secondary N) is 1. The maximum Gasteiger partial charge on any atom is 0.124 e. The minimum absolute atomic E-state index is 0.0153. The van der Waals surface area contributed by atoms with Crippen molar-refractivity contribution < 1.29 is 4.39 Å². The van der Waals surface area contributed by atoms with E-state index in [1.54, 1.807) is 18.5 Å². The van der Waals surface area contributed by atoms with Crippen molar-refractivity contribution in [2.24, 2.45) is 0 Å². The first kappa shape index (κ1) is 14.0. The van der Waals surface area contributed by atoms with Gasteiger partial charge >= 0.3 is 0 Å². The maximum absolute atomic E-state index is 13.4. The van der Waals surface area contributed by atoms with Crippen molar-refractivity contribution in [3.63, 3.8) is 0 Å². The molecular weight excluding hydrogens is 309 g/mol. The molecular formula is C14H15BrFN3. The second kappa shape index (κ2) is 6.12. The molecule has 0 radical (unpaired) electrons. The van der Waals surface area contributed by atoms with Gasteiger partial charge in [0.1, 0.15) is 5.82 Å². The molecule has 0 aliphatic rings. The SMILES string of the molecule is CNC(Cc1cnccc1N)c1cc(F)cc(Br)c1. The van der Waals surface area contributed by atoms with Gasteiger partial charge in [-0.1, -0.05) is 15.9 Å². The summed E-state index contributed by atoms with van der Waals surface area (Å²) in [5.74, 6) is -0.260. The number of aromatic nitrogens is 1. The largest absolute Gasteiger partial charge is 0.398 e. The van der Waals surface area contributed by atoms with Crippen molar-refractivity contribution in [3.8, 4) is 0 Å². The standard InChI is InChI=1S/C14H15BrFN3/c1-18-14(6-10-8-19-3-2-13(10)17)9-4-11(15)7-12(16)5-9/h2-5,7-8,14,18H,6H2,1H3,(H2,17,19). The van der Waals surface area contributed by atoms with Gasteiger partial charge < -0.3 is 11.1 Å². The molecule has 0 bridgehead atoms. The van der Waals surface area contributed by atoms with E-state index in [0.29, 0.717) is 12.1 Å². The number of nitrogen functional groups attached to an aromatic ring is 1. The van der Waals surface area contributed by atoms with Crippen LogP contribution in [-0.4, -0.2) is 12.0 Å². The third-order valence-corrected chi connectivity index (χ3v) is 3.46. The molecule has 0 aliphatic carbocycles. The molecule has 0 aliphatic heterocycles. The first-order valence-corrected chi connectivity index (χ1v) is 6.71. The summed E-state index contributed by atoms with van der Waals surface area (Å²) in [6, 6.07) is 6.62. The predicted molar refractivity (Wildman–Crippen MR) is 78.3 cm³/mol. The lowest BCUT2D eigenvalue weighted by atomic mass is 9.99. The van der Waals surface area contributed by atoms with E-state index >= 15 is 0 Å². The monoisotopic (exact) mass is 323 g/mol. The van der Waals surface area contributed by atoms with Gasteiger partial charge in [-0.2, -0.15) is 0 Å². The van der Waals surface area contributed by atoms with Gasteiger partial charge in [-0.15, -0.1) is 0 Å². The van der Waals surface area contributed by atoms with E-state index in [1.165, 1.54) is 12.1 Å². The summed E-state index contributed by atoms with van der Waals surface area (Å²) < 4.78 is 14.2. The lowest BCUT2D eigenvalue weighted by Crippen LogP contribution is -2.19. The second-order valence-corrected chi connectivity index (χ2v) is 5.24. The average Bonchev–Trinajstić information content (AvgIpc) is 2.36. The van der Waals surface area contributed by atoms with Crippen molar-refractivity contribution >= 4 is 21.6 Å². The highest BCUT2D eigenvalue weighted by molar-refractivity contribution is 9.10. The second-order valence-electron chi connectivity index (χ2n) is 4.32. The Kier molecular flexibility index (Phi) is 4.50. The fourth-order valence-corrected chi connectivity index (χ4v) is 2.47. The zero-order chi connectivity index (χ0) is 13.8. The first-order chi connectivity index (χ1) is 9.10. The van der Waals surface area contributed by atoms with Crippen LogP contribution in [0.1, 0.15) is 17.2 Å². The van der Waals surface area contributed by atoms with Crippen molar-refractivity contribution in [1.29, 1.82) is 0 Å². The molecule has 5 heteroatoms. The summed E-state index contributed by atoms with van der Waals surface area (Å²) in [6.07, 6.45) is 4.06. The Morgan fingerprint density at radius 2 is 2.21 bits per heavy atom. The van der Waals surface area contributed by atoms with Crippen LogP contribution in [0.15, 0.2) is 41.1 Å². The lowest BCUT2D eigenvalue weighted by Gasteiger charge is -2.18. The van der Waals surface area contributed by atoms with Crippen LogP contribution in [0.2, 0.25) is 0 Å². The Bertz CT molecular complexity index is 554. The molecule has 3 nitrogen and oxygen atoms in total. The highest BCUT2D eigenvalue weighted by atomic mass is 79.9. The molecule has 1 aromatic carbocycles. The Hall–Kier alpha value is -1.46. The summed E-state index contributed by atoms with van der Waals surface area (Å²) in [5, 5.41) is 3.18. The molecule has 1 aromatic heterocycles. The Morgan fingerprint density at radius 3 is 2.84 bits per heavy atom. The molecule has 19 heavy (non-hydrogen) atoms. The van der Waals surface area contributed by atoms with E-state index in [2.05, 4.69) is 26.2 Å². The molecule has 100 valence electrons. The van der Waals surface area contributed by atoms with Gasteiger partial charge in [-0.3, -0.25) is 4.98 Å². The Morgan fingerprint density at radius 1 is 1.42 bits per heavy atom. The minimum Gasteiger partial charge on any atom is -0.398 e. The van der Waals surface area contributed by atoms with E-state index < -0.39 is 0 Å². The van der Waals surface area contributed by atoms with Crippen LogP contribution in [0.25, 0.3) is 0 Å². The summed E-state index contributed by atoms with van der Waals surface area (Å²) in [5.41, 5.74) is 8.43. The van der Waals surface area contributed by atoms with Crippen molar-refractivity contribution in [2.75, 3.05) is 12.8 Å². The molecule has 1 unspecified atom stereocenters. The van der Waals surface area contributed by atoms with E-state index in [4.69, 9.17) is 5.73 Å². The fraction of sp³-hybridized carbons (Fsp3) is 0.214. The molecule has 0 saturated carbocycles. The zero-order valence-corrected chi connectivity index (χ0v) is 12.1. The molecule has 1 heterocycles. The number of anilines is 1. The smallest absolute Gasteiger partial charge is 0.124 e. The van der Waals surface area contributed by atoms with Crippen LogP contribution in [0.5, 0.6) is 0 Å². The lowest BCUT2D eigenvalue weighted by molar-refractivity contribution is 0.576. The van der Waals surface area contributed by atoms with Crippen LogP contribution in [0, 0.1) is 5.82 Å². The molecule has 1 atom stereocenters. The van der Waals surface area contributed by atoms with E-state index in [1.807, 2.05) is 13.1 Å². The van der Waals surface area contributed by atoms with Gasteiger partial charge in [0.2, 0.25) is 0 Å². The number of rotatable bonds is 4. The number of halogens is 2. The molecule has 0 saturated heterocycles. The summed E-state index contributed by atoms with van der Waals surface area (Å²) in [6.45, 7) is 0. The number of hydrogen-bond donors (Lipinski definition) is 2.